The summed E-state index contributed by atoms with van der Waals surface area (Å²) >= 11 is 0. The molecule has 0 radical (unpaired) electrons. The molecule has 2 nitrogen and oxygen atoms in total. The van der Waals surface area contributed by atoms with Gasteiger partial charge in [-0.05, 0) is 31.2 Å². The summed E-state index contributed by atoms with van der Waals surface area (Å²) in [5.41, 5.74) is 1.27. The van der Waals surface area contributed by atoms with Crippen molar-refractivity contribution < 1.29 is 4.74 Å². The van der Waals surface area contributed by atoms with Gasteiger partial charge < -0.3 is 10.1 Å². The molecule has 0 aromatic heterocycles. The number of nitrogens with one attached hydrogen (secondary N) is 1. The fraction of sp³-hybridized carbons (Fsp3) is 0.500. The maximum Gasteiger partial charge on any atom is 0.119 e. The standard InChI is InChI=1S/C12H19NO/c1-3-4-8-14-12-7-5-6-11(9-12)10-13-2/h5-7,9,13H,3-4,8,10H2,1-2H3. The van der Waals surface area contributed by atoms with Gasteiger partial charge in [0.2, 0.25) is 0 Å². The SMILES string of the molecule is CCCCOc1cccc(CNC)c1. The molecule has 0 saturated carbocycles. The highest BCUT2D eigenvalue weighted by atomic mass is 16.5. The molecule has 0 aliphatic rings. The van der Waals surface area contributed by atoms with Gasteiger partial charge in [-0.2, -0.15) is 0 Å². The number of ether oxygens (including phenoxy) is 1. The Morgan fingerprint density at radius 1 is 1.36 bits per heavy atom. The topological polar surface area (TPSA) is 21.3 Å². The first-order valence-corrected chi connectivity index (χ1v) is 5.23. The van der Waals surface area contributed by atoms with Gasteiger partial charge in [-0.15, -0.1) is 0 Å². The minimum Gasteiger partial charge on any atom is -0.494 e. The minimum atomic E-state index is 0.819. The van der Waals surface area contributed by atoms with Crippen molar-refractivity contribution in [2.75, 3.05) is 13.7 Å². The second-order valence-corrected chi connectivity index (χ2v) is 3.38. The van der Waals surface area contributed by atoms with Gasteiger partial charge in [-0.25, -0.2) is 0 Å². The van der Waals surface area contributed by atoms with Crippen molar-refractivity contribution in [3.63, 3.8) is 0 Å². The molecule has 2 heteroatoms. The molecule has 0 atom stereocenters. The first kappa shape index (κ1) is 11.1. The molecule has 1 aromatic rings. The molecule has 0 amide bonds. The smallest absolute Gasteiger partial charge is 0.119 e. The van der Waals surface area contributed by atoms with E-state index in [1.807, 2.05) is 19.2 Å². The quantitative estimate of drug-likeness (QED) is 0.701. The second-order valence-electron chi connectivity index (χ2n) is 3.38. The average molecular weight is 193 g/mol. The molecular weight excluding hydrogens is 174 g/mol. The fourth-order valence-corrected chi connectivity index (χ4v) is 1.28. The maximum atomic E-state index is 5.61. The Bertz CT molecular complexity index is 260. The number of benzene rings is 1. The van der Waals surface area contributed by atoms with Crippen LogP contribution in [0.4, 0.5) is 0 Å². The van der Waals surface area contributed by atoms with Gasteiger partial charge >= 0.3 is 0 Å². The van der Waals surface area contributed by atoms with E-state index in [2.05, 4.69) is 24.4 Å². The van der Waals surface area contributed by atoms with Crippen LogP contribution < -0.4 is 10.1 Å². The summed E-state index contributed by atoms with van der Waals surface area (Å²) in [5, 5.41) is 3.12. The predicted octanol–water partition coefficient (Wildman–Crippen LogP) is 2.58. The molecule has 78 valence electrons. The Balaban J connectivity index is 2.46. The van der Waals surface area contributed by atoms with Gasteiger partial charge in [0, 0.05) is 6.54 Å². The summed E-state index contributed by atoms with van der Waals surface area (Å²) < 4.78 is 5.61. The molecule has 0 spiro atoms. The molecule has 0 saturated heterocycles. The van der Waals surface area contributed by atoms with Crippen LogP contribution in [0.5, 0.6) is 5.75 Å². The zero-order valence-electron chi connectivity index (χ0n) is 9.05. The molecule has 1 aromatic carbocycles. The summed E-state index contributed by atoms with van der Waals surface area (Å²) in [6.45, 7) is 3.88. The fourth-order valence-electron chi connectivity index (χ4n) is 1.28. The molecule has 0 heterocycles. The van der Waals surface area contributed by atoms with E-state index in [0.717, 1.165) is 25.3 Å². The van der Waals surface area contributed by atoms with Crippen LogP contribution >= 0.6 is 0 Å². The maximum absolute atomic E-state index is 5.61. The van der Waals surface area contributed by atoms with E-state index < -0.39 is 0 Å². The van der Waals surface area contributed by atoms with Crippen LogP contribution in [0.3, 0.4) is 0 Å². The van der Waals surface area contributed by atoms with E-state index in [1.54, 1.807) is 0 Å². The molecule has 0 fully saturated rings. The van der Waals surface area contributed by atoms with Crippen molar-refractivity contribution in [1.29, 1.82) is 0 Å². The molecule has 0 aliphatic carbocycles. The number of hydrogen-bond acceptors (Lipinski definition) is 2. The van der Waals surface area contributed by atoms with E-state index in [-0.39, 0.29) is 0 Å². The van der Waals surface area contributed by atoms with Crippen LogP contribution in [0, 0.1) is 0 Å². The highest BCUT2D eigenvalue weighted by Crippen LogP contribution is 2.13. The third-order valence-electron chi connectivity index (χ3n) is 2.05. The van der Waals surface area contributed by atoms with Crippen LogP contribution in [-0.4, -0.2) is 13.7 Å². The van der Waals surface area contributed by atoms with Crippen LogP contribution in [-0.2, 0) is 6.54 Å². The summed E-state index contributed by atoms with van der Waals surface area (Å²) in [6, 6.07) is 8.23. The van der Waals surface area contributed by atoms with Crippen LogP contribution in [0.2, 0.25) is 0 Å². The van der Waals surface area contributed by atoms with Gasteiger partial charge in [0.05, 0.1) is 6.61 Å². The van der Waals surface area contributed by atoms with Crippen molar-refractivity contribution >= 4 is 0 Å². The lowest BCUT2D eigenvalue weighted by Crippen LogP contribution is -2.05. The van der Waals surface area contributed by atoms with Crippen molar-refractivity contribution in [3.05, 3.63) is 29.8 Å². The Hall–Kier alpha value is -1.02. The Morgan fingerprint density at radius 3 is 2.93 bits per heavy atom. The third kappa shape index (κ3) is 3.79. The van der Waals surface area contributed by atoms with Gasteiger partial charge in [0.15, 0.2) is 0 Å². The summed E-state index contributed by atoms with van der Waals surface area (Å²) in [6.07, 6.45) is 2.30. The molecule has 0 aliphatic heterocycles. The van der Waals surface area contributed by atoms with E-state index in [9.17, 15) is 0 Å². The van der Waals surface area contributed by atoms with Crippen molar-refractivity contribution in [2.24, 2.45) is 0 Å². The monoisotopic (exact) mass is 193 g/mol. The molecule has 1 N–H and O–H groups in total. The van der Waals surface area contributed by atoms with Gasteiger partial charge in [-0.1, -0.05) is 25.5 Å². The molecule has 0 bridgehead atoms. The molecule has 1 rings (SSSR count). The van der Waals surface area contributed by atoms with Crippen molar-refractivity contribution in [2.45, 2.75) is 26.3 Å². The lowest BCUT2D eigenvalue weighted by molar-refractivity contribution is 0.309. The lowest BCUT2D eigenvalue weighted by atomic mass is 10.2. The van der Waals surface area contributed by atoms with Gasteiger partial charge in [0.1, 0.15) is 5.75 Å². The largest absolute Gasteiger partial charge is 0.494 e. The minimum absolute atomic E-state index is 0.819. The molecule has 14 heavy (non-hydrogen) atoms. The lowest BCUT2D eigenvalue weighted by Gasteiger charge is -2.07. The predicted molar refractivity (Wildman–Crippen MR) is 59.6 cm³/mol. The number of rotatable bonds is 6. The van der Waals surface area contributed by atoms with E-state index in [1.165, 1.54) is 12.0 Å². The summed E-state index contributed by atoms with van der Waals surface area (Å²) in [4.78, 5) is 0. The number of hydrogen-bond donors (Lipinski definition) is 1. The second kappa shape index (κ2) is 6.44. The number of unbranched alkanes of at least 4 members (excludes halogenated alkanes) is 1. The van der Waals surface area contributed by atoms with Crippen LogP contribution in [0.15, 0.2) is 24.3 Å². The van der Waals surface area contributed by atoms with Crippen molar-refractivity contribution in [1.82, 2.24) is 5.32 Å². The van der Waals surface area contributed by atoms with E-state index >= 15 is 0 Å². The summed E-state index contributed by atoms with van der Waals surface area (Å²) in [5.74, 6) is 0.978. The molecule has 0 unspecified atom stereocenters. The highest BCUT2D eigenvalue weighted by molar-refractivity contribution is 5.28. The Labute approximate surface area is 86.3 Å². The van der Waals surface area contributed by atoms with Crippen molar-refractivity contribution in [3.8, 4) is 5.75 Å². The van der Waals surface area contributed by atoms with E-state index in [0.29, 0.717) is 0 Å². The van der Waals surface area contributed by atoms with E-state index in [4.69, 9.17) is 4.74 Å². The first-order chi connectivity index (χ1) is 6.86. The third-order valence-corrected chi connectivity index (χ3v) is 2.05. The first-order valence-electron chi connectivity index (χ1n) is 5.23. The average Bonchev–Trinajstić information content (AvgIpc) is 2.19. The zero-order chi connectivity index (χ0) is 10.2. The van der Waals surface area contributed by atoms with Crippen LogP contribution in [0.1, 0.15) is 25.3 Å². The summed E-state index contributed by atoms with van der Waals surface area (Å²) in [7, 11) is 1.95. The zero-order valence-corrected chi connectivity index (χ0v) is 9.05. The Morgan fingerprint density at radius 2 is 2.21 bits per heavy atom. The van der Waals surface area contributed by atoms with Gasteiger partial charge in [-0.3, -0.25) is 0 Å². The van der Waals surface area contributed by atoms with Crippen LogP contribution in [0.25, 0.3) is 0 Å². The van der Waals surface area contributed by atoms with Gasteiger partial charge in [0.25, 0.3) is 0 Å². The normalized spacial score (nSPS) is 10.1. The highest BCUT2D eigenvalue weighted by Gasteiger charge is 1.95. The Kier molecular flexibility index (Phi) is 5.08. The molecular formula is C12H19NO.